The quantitative estimate of drug-likeness (QED) is 0.913. The van der Waals surface area contributed by atoms with E-state index in [4.69, 9.17) is 11.5 Å². The number of aromatic nitrogens is 2. The van der Waals surface area contributed by atoms with E-state index < -0.39 is 11.7 Å². The number of halogens is 3. The Bertz CT molecular complexity index is 668. The van der Waals surface area contributed by atoms with Crippen molar-refractivity contribution in [2.75, 3.05) is 11.5 Å². The van der Waals surface area contributed by atoms with Gasteiger partial charge in [0.1, 0.15) is 17.5 Å². The monoisotopic (exact) mass is 308 g/mol. The fraction of sp³-hybridized carbons (Fsp3) is 0.333. The summed E-state index contributed by atoms with van der Waals surface area (Å²) in [6, 6.07) is 4.91. The van der Waals surface area contributed by atoms with Crippen LogP contribution in [-0.2, 0) is 12.6 Å². The van der Waals surface area contributed by atoms with E-state index in [0.29, 0.717) is 40.9 Å². The lowest BCUT2D eigenvalue weighted by Gasteiger charge is -2.11. The molecule has 0 aliphatic heterocycles. The van der Waals surface area contributed by atoms with Crippen molar-refractivity contribution in [1.29, 1.82) is 0 Å². The number of hydrogen-bond donors (Lipinski definition) is 2. The Kier molecular flexibility index (Phi) is 3.42. The predicted molar refractivity (Wildman–Crippen MR) is 77.1 cm³/mol. The summed E-state index contributed by atoms with van der Waals surface area (Å²) in [7, 11) is 0. The summed E-state index contributed by atoms with van der Waals surface area (Å²) in [5, 5.41) is 0. The van der Waals surface area contributed by atoms with Gasteiger partial charge in [-0.3, -0.25) is 0 Å². The van der Waals surface area contributed by atoms with Gasteiger partial charge in [-0.25, -0.2) is 9.97 Å². The Morgan fingerprint density at radius 3 is 2.00 bits per heavy atom. The number of anilines is 2. The third kappa shape index (κ3) is 2.98. The zero-order valence-electron chi connectivity index (χ0n) is 11.7. The molecule has 1 fully saturated rings. The molecule has 2 aromatic rings. The maximum absolute atomic E-state index is 12.5. The van der Waals surface area contributed by atoms with E-state index in [2.05, 4.69) is 9.97 Å². The van der Waals surface area contributed by atoms with Gasteiger partial charge in [0.2, 0.25) is 0 Å². The van der Waals surface area contributed by atoms with E-state index in [0.717, 1.165) is 25.0 Å². The summed E-state index contributed by atoms with van der Waals surface area (Å²) in [4.78, 5) is 8.51. The number of nitrogen functional groups attached to an aromatic ring is 2. The maximum atomic E-state index is 12.5. The lowest BCUT2D eigenvalue weighted by Crippen LogP contribution is -2.09. The van der Waals surface area contributed by atoms with Gasteiger partial charge in [-0.05, 0) is 30.5 Å². The summed E-state index contributed by atoms with van der Waals surface area (Å²) in [6.45, 7) is 0. The second kappa shape index (κ2) is 5.15. The van der Waals surface area contributed by atoms with E-state index in [1.165, 1.54) is 12.1 Å². The molecule has 0 amide bonds. The SMILES string of the molecule is Nc1nc(C2CC2)nc(N)c1Cc1ccc(C(F)(F)F)cc1. The lowest BCUT2D eigenvalue weighted by molar-refractivity contribution is -0.137. The summed E-state index contributed by atoms with van der Waals surface area (Å²) in [5.41, 5.74) is 12.4. The molecule has 1 aromatic heterocycles. The van der Waals surface area contributed by atoms with Gasteiger partial charge in [0.05, 0.1) is 5.56 Å². The predicted octanol–water partition coefficient (Wildman–Crippen LogP) is 3.13. The molecule has 1 aliphatic carbocycles. The van der Waals surface area contributed by atoms with Gasteiger partial charge in [0.25, 0.3) is 0 Å². The Morgan fingerprint density at radius 2 is 1.55 bits per heavy atom. The van der Waals surface area contributed by atoms with Crippen LogP contribution in [-0.4, -0.2) is 9.97 Å². The van der Waals surface area contributed by atoms with Gasteiger partial charge in [0.15, 0.2) is 0 Å². The molecule has 4 nitrogen and oxygen atoms in total. The molecular formula is C15H15F3N4. The molecule has 3 rings (SSSR count). The average Bonchev–Trinajstić information content (AvgIpc) is 3.26. The molecule has 1 saturated carbocycles. The molecule has 0 bridgehead atoms. The highest BCUT2D eigenvalue weighted by Gasteiger charge is 2.30. The van der Waals surface area contributed by atoms with Gasteiger partial charge in [-0.1, -0.05) is 12.1 Å². The van der Waals surface area contributed by atoms with Gasteiger partial charge >= 0.3 is 6.18 Å². The van der Waals surface area contributed by atoms with Gasteiger partial charge in [0, 0.05) is 17.9 Å². The van der Waals surface area contributed by atoms with Crippen molar-refractivity contribution >= 4 is 11.6 Å². The fourth-order valence-corrected chi connectivity index (χ4v) is 2.26. The molecule has 0 unspecified atom stereocenters. The van der Waals surface area contributed by atoms with Crippen LogP contribution in [0.1, 0.15) is 41.3 Å². The highest BCUT2D eigenvalue weighted by Crippen LogP contribution is 2.39. The Morgan fingerprint density at radius 1 is 1.00 bits per heavy atom. The van der Waals surface area contributed by atoms with Crippen LogP contribution in [0.5, 0.6) is 0 Å². The van der Waals surface area contributed by atoms with Gasteiger partial charge < -0.3 is 11.5 Å². The highest BCUT2D eigenvalue weighted by atomic mass is 19.4. The number of nitrogens with zero attached hydrogens (tertiary/aromatic N) is 2. The van der Waals surface area contributed by atoms with Crippen LogP contribution in [0.25, 0.3) is 0 Å². The molecule has 1 aromatic carbocycles. The Hall–Kier alpha value is -2.31. The van der Waals surface area contributed by atoms with E-state index in [-0.39, 0.29) is 0 Å². The minimum atomic E-state index is -4.34. The molecule has 7 heteroatoms. The molecule has 0 radical (unpaired) electrons. The second-order valence-corrected chi connectivity index (χ2v) is 5.48. The molecule has 1 aliphatic rings. The van der Waals surface area contributed by atoms with Crippen molar-refractivity contribution in [3.05, 3.63) is 46.8 Å². The molecule has 0 atom stereocenters. The van der Waals surface area contributed by atoms with E-state index in [1.54, 1.807) is 0 Å². The van der Waals surface area contributed by atoms with Crippen LogP contribution < -0.4 is 11.5 Å². The maximum Gasteiger partial charge on any atom is 0.416 e. The van der Waals surface area contributed by atoms with Crippen LogP contribution >= 0.6 is 0 Å². The van der Waals surface area contributed by atoms with Crippen LogP contribution in [0.4, 0.5) is 24.8 Å². The van der Waals surface area contributed by atoms with Crippen molar-refractivity contribution < 1.29 is 13.2 Å². The third-order valence-corrected chi connectivity index (χ3v) is 3.69. The molecule has 0 saturated heterocycles. The number of nitrogens with two attached hydrogens (primary N) is 2. The van der Waals surface area contributed by atoms with Crippen molar-refractivity contribution in [1.82, 2.24) is 9.97 Å². The standard InChI is InChI=1S/C15H15F3N4/c16-15(17,18)10-5-1-8(2-6-10)7-11-12(19)21-14(9-3-4-9)22-13(11)20/h1-2,5-6,9H,3-4,7H2,(H4,19,20,21,22). The first-order valence-electron chi connectivity index (χ1n) is 6.92. The summed E-state index contributed by atoms with van der Waals surface area (Å²) >= 11 is 0. The fourth-order valence-electron chi connectivity index (χ4n) is 2.26. The first kappa shape index (κ1) is 14.6. The zero-order chi connectivity index (χ0) is 15.9. The summed E-state index contributed by atoms with van der Waals surface area (Å²) < 4.78 is 37.6. The Labute approximate surface area is 125 Å². The molecule has 1 heterocycles. The molecule has 4 N–H and O–H groups in total. The largest absolute Gasteiger partial charge is 0.416 e. The first-order valence-corrected chi connectivity index (χ1v) is 6.92. The molecule has 22 heavy (non-hydrogen) atoms. The van der Waals surface area contributed by atoms with Crippen molar-refractivity contribution in [2.24, 2.45) is 0 Å². The van der Waals surface area contributed by atoms with Crippen molar-refractivity contribution in [3.63, 3.8) is 0 Å². The van der Waals surface area contributed by atoms with Crippen LogP contribution in [0.2, 0.25) is 0 Å². The number of benzene rings is 1. The topological polar surface area (TPSA) is 77.8 Å². The Balaban J connectivity index is 1.83. The lowest BCUT2D eigenvalue weighted by atomic mass is 10.0. The van der Waals surface area contributed by atoms with Crippen molar-refractivity contribution in [3.8, 4) is 0 Å². The number of alkyl halides is 3. The highest BCUT2D eigenvalue weighted by molar-refractivity contribution is 5.55. The van der Waals surface area contributed by atoms with E-state index in [1.807, 2.05) is 0 Å². The first-order chi connectivity index (χ1) is 10.3. The van der Waals surface area contributed by atoms with Gasteiger partial charge in [-0.15, -0.1) is 0 Å². The van der Waals surface area contributed by atoms with Crippen LogP contribution in [0, 0.1) is 0 Å². The molecular weight excluding hydrogens is 293 g/mol. The third-order valence-electron chi connectivity index (χ3n) is 3.69. The van der Waals surface area contributed by atoms with Gasteiger partial charge in [-0.2, -0.15) is 13.2 Å². The normalized spacial score (nSPS) is 15.0. The average molecular weight is 308 g/mol. The summed E-state index contributed by atoms with van der Waals surface area (Å²) in [6.07, 6.45) is -1.96. The second-order valence-electron chi connectivity index (χ2n) is 5.48. The van der Waals surface area contributed by atoms with Crippen LogP contribution in [0.15, 0.2) is 24.3 Å². The van der Waals surface area contributed by atoms with E-state index in [9.17, 15) is 13.2 Å². The smallest absolute Gasteiger partial charge is 0.383 e. The van der Waals surface area contributed by atoms with Crippen LogP contribution in [0.3, 0.4) is 0 Å². The molecule has 0 spiro atoms. The number of hydrogen-bond acceptors (Lipinski definition) is 4. The minimum Gasteiger partial charge on any atom is -0.383 e. The summed E-state index contributed by atoms with van der Waals surface area (Å²) in [5.74, 6) is 1.60. The zero-order valence-corrected chi connectivity index (χ0v) is 11.7. The minimum absolute atomic E-state index is 0.300. The van der Waals surface area contributed by atoms with Crippen molar-refractivity contribution in [2.45, 2.75) is 31.4 Å². The molecule has 116 valence electrons. The number of rotatable bonds is 3. The van der Waals surface area contributed by atoms with E-state index >= 15 is 0 Å².